The van der Waals surface area contributed by atoms with Crippen LogP contribution in [0, 0.1) is 17.8 Å². The quantitative estimate of drug-likeness (QED) is 0.297. The van der Waals surface area contributed by atoms with E-state index in [1.54, 1.807) is 12.1 Å². The first-order valence-corrected chi connectivity index (χ1v) is 12.9. The molecule has 1 atom stereocenters. The molecule has 186 valence electrons. The fourth-order valence-corrected chi connectivity index (χ4v) is 6.53. The molecule has 0 bridgehead atoms. The van der Waals surface area contributed by atoms with E-state index in [1.165, 1.54) is 57.4 Å². The van der Waals surface area contributed by atoms with Gasteiger partial charge in [0.2, 0.25) is 0 Å². The second kappa shape index (κ2) is 10.1. The minimum atomic E-state index is -5.09. The van der Waals surface area contributed by atoms with Gasteiger partial charge in [-0.2, -0.15) is 13.2 Å². The fourth-order valence-electron chi connectivity index (χ4n) is 6.53. The first-order chi connectivity index (χ1) is 15.7. The molecule has 1 nitrogen and oxygen atoms in total. The first kappa shape index (κ1) is 24.8. The summed E-state index contributed by atoms with van der Waals surface area (Å²) in [5.74, 6) is -1.21. The average Bonchev–Trinajstić information content (AvgIpc) is 2.78. The van der Waals surface area contributed by atoms with Crippen LogP contribution in [0.2, 0.25) is 0 Å². The van der Waals surface area contributed by atoms with E-state index in [-0.39, 0.29) is 11.3 Å². The summed E-state index contributed by atoms with van der Waals surface area (Å²) in [5.41, 5.74) is 1.17. The third-order valence-electron chi connectivity index (χ3n) is 8.45. The van der Waals surface area contributed by atoms with Crippen LogP contribution in [0.25, 0.3) is 0 Å². The second-order valence-electron chi connectivity index (χ2n) is 10.7. The molecular formula is C27H37F5O. The first-order valence-electron chi connectivity index (χ1n) is 12.9. The maximum atomic E-state index is 14.1. The molecule has 3 aliphatic rings. The standard InChI is InChI=1S/C27H37F5O/c1-2-3-4-5-18-6-8-19(9-7-18)20-10-12-21(13-11-20)22-14-15-24-23(16-22)17-26(28,29)25(33-24)27(30,31)32/h14-16,18-21,25H,2-13,17H2,1H3. The van der Waals surface area contributed by atoms with Crippen LogP contribution in [-0.2, 0) is 6.42 Å². The minimum Gasteiger partial charge on any atom is -0.474 e. The zero-order valence-electron chi connectivity index (χ0n) is 19.6. The molecule has 0 saturated heterocycles. The third-order valence-corrected chi connectivity index (χ3v) is 8.45. The summed E-state index contributed by atoms with van der Waals surface area (Å²) >= 11 is 0. The number of unbranched alkanes of at least 4 members (excludes halogenated alkanes) is 2. The van der Waals surface area contributed by atoms with Gasteiger partial charge in [-0.15, -0.1) is 0 Å². The molecular weight excluding hydrogens is 435 g/mol. The monoisotopic (exact) mass is 472 g/mol. The predicted octanol–water partition coefficient (Wildman–Crippen LogP) is 8.85. The Morgan fingerprint density at radius 3 is 2.15 bits per heavy atom. The number of hydrogen-bond donors (Lipinski definition) is 0. The van der Waals surface area contributed by atoms with Crippen LogP contribution < -0.4 is 4.74 Å². The Hall–Kier alpha value is -1.33. The summed E-state index contributed by atoms with van der Waals surface area (Å²) in [4.78, 5) is 0. The van der Waals surface area contributed by atoms with Gasteiger partial charge in [0.15, 0.2) is 0 Å². The molecule has 0 radical (unpaired) electrons. The van der Waals surface area contributed by atoms with Crippen LogP contribution in [-0.4, -0.2) is 18.2 Å². The molecule has 0 aromatic heterocycles. The van der Waals surface area contributed by atoms with Gasteiger partial charge in [-0.25, -0.2) is 8.78 Å². The van der Waals surface area contributed by atoms with Gasteiger partial charge in [0.05, 0.1) is 0 Å². The van der Waals surface area contributed by atoms with Gasteiger partial charge < -0.3 is 4.74 Å². The molecule has 1 aliphatic heterocycles. The lowest BCUT2D eigenvalue weighted by molar-refractivity contribution is -0.264. The van der Waals surface area contributed by atoms with Crippen molar-refractivity contribution in [2.24, 2.45) is 17.8 Å². The van der Waals surface area contributed by atoms with Gasteiger partial charge in [0.1, 0.15) is 5.75 Å². The summed E-state index contributed by atoms with van der Waals surface area (Å²) in [6.07, 6.45) is 6.12. The van der Waals surface area contributed by atoms with Gasteiger partial charge in [0, 0.05) is 12.0 Å². The molecule has 2 fully saturated rings. The van der Waals surface area contributed by atoms with Gasteiger partial charge >= 0.3 is 6.18 Å². The molecule has 2 saturated carbocycles. The number of ether oxygens (including phenoxy) is 1. The molecule has 1 aromatic rings. The SMILES string of the molecule is CCCCCC1CCC(C2CCC(c3ccc4c(c3)CC(F)(F)C(C(F)(F)F)O4)CC2)CC1. The highest BCUT2D eigenvalue weighted by Crippen LogP contribution is 2.47. The van der Waals surface area contributed by atoms with Gasteiger partial charge in [-0.05, 0) is 73.8 Å². The van der Waals surface area contributed by atoms with Crippen molar-refractivity contribution in [1.82, 2.24) is 0 Å². The van der Waals surface area contributed by atoms with E-state index in [4.69, 9.17) is 4.74 Å². The highest BCUT2D eigenvalue weighted by Gasteiger charge is 2.60. The van der Waals surface area contributed by atoms with E-state index in [1.807, 2.05) is 0 Å². The number of halogens is 5. The van der Waals surface area contributed by atoms with E-state index in [0.717, 1.165) is 49.0 Å². The number of rotatable bonds is 6. The summed E-state index contributed by atoms with van der Waals surface area (Å²) in [6.45, 7) is 2.25. The smallest absolute Gasteiger partial charge is 0.431 e. The van der Waals surface area contributed by atoms with Gasteiger partial charge in [-0.1, -0.05) is 57.6 Å². The minimum absolute atomic E-state index is 0.0589. The van der Waals surface area contributed by atoms with Gasteiger partial charge in [0.25, 0.3) is 12.0 Å². The van der Waals surface area contributed by atoms with Crippen molar-refractivity contribution in [2.45, 2.75) is 115 Å². The number of alkyl halides is 5. The Balaban J connectivity index is 1.30. The summed E-state index contributed by atoms with van der Waals surface area (Å²) < 4.78 is 71.9. The predicted molar refractivity (Wildman–Crippen MR) is 120 cm³/mol. The third kappa shape index (κ3) is 5.85. The highest BCUT2D eigenvalue weighted by atomic mass is 19.4. The van der Waals surface area contributed by atoms with E-state index in [0.29, 0.717) is 5.92 Å². The molecule has 6 heteroatoms. The topological polar surface area (TPSA) is 9.23 Å². The lowest BCUT2D eigenvalue weighted by atomic mass is 9.68. The molecule has 1 aromatic carbocycles. The molecule has 1 unspecified atom stereocenters. The Morgan fingerprint density at radius 2 is 1.55 bits per heavy atom. The lowest BCUT2D eigenvalue weighted by Crippen LogP contribution is -2.52. The molecule has 0 amide bonds. The van der Waals surface area contributed by atoms with Crippen LogP contribution in [0.5, 0.6) is 5.75 Å². The van der Waals surface area contributed by atoms with E-state index >= 15 is 0 Å². The van der Waals surface area contributed by atoms with Crippen molar-refractivity contribution in [1.29, 1.82) is 0 Å². The molecule has 2 aliphatic carbocycles. The second-order valence-corrected chi connectivity index (χ2v) is 10.7. The Morgan fingerprint density at radius 1 is 0.909 bits per heavy atom. The Bertz CT molecular complexity index is 773. The van der Waals surface area contributed by atoms with Crippen molar-refractivity contribution < 1.29 is 26.7 Å². The summed E-state index contributed by atoms with van der Waals surface area (Å²) in [7, 11) is 0. The van der Waals surface area contributed by atoms with E-state index in [9.17, 15) is 22.0 Å². The van der Waals surface area contributed by atoms with E-state index < -0.39 is 24.6 Å². The normalized spacial score (nSPS) is 32.1. The maximum absolute atomic E-state index is 14.1. The zero-order valence-corrected chi connectivity index (χ0v) is 19.6. The molecule has 33 heavy (non-hydrogen) atoms. The van der Waals surface area contributed by atoms with Crippen LogP contribution in [0.3, 0.4) is 0 Å². The van der Waals surface area contributed by atoms with Crippen molar-refractivity contribution in [3.63, 3.8) is 0 Å². The fraction of sp³-hybridized carbons (Fsp3) is 0.778. The van der Waals surface area contributed by atoms with Crippen LogP contribution >= 0.6 is 0 Å². The van der Waals surface area contributed by atoms with E-state index in [2.05, 4.69) is 6.92 Å². The molecule has 0 N–H and O–H groups in total. The maximum Gasteiger partial charge on any atom is 0.431 e. The summed E-state index contributed by atoms with van der Waals surface area (Å²) in [5, 5.41) is 0. The number of benzene rings is 1. The van der Waals surface area contributed by atoms with Gasteiger partial charge in [-0.3, -0.25) is 0 Å². The Labute approximate surface area is 194 Å². The average molecular weight is 473 g/mol. The van der Waals surface area contributed by atoms with Crippen LogP contribution in [0.15, 0.2) is 18.2 Å². The largest absolute Gasteiger partial charge is 0.474 e. The number of fused-ring (bicyclic) bond motifs is 1. The molecule has 4 rings (SSSR count). The van der Waals surface area contributed by atoms with Crippen LogP contribution in [0.4, 0.5) is 22.0 Å². The van der Waals surface area contributed by atoms with Crippen molar-refractivity contribution in [3.8, 4) is 5.75 Å². The van der Waals surface area contributed by atoms with Crippen molar-refractivity contribution in [2.75, 3.05) is 0 Å². The Kier molecular flexibility index (Phi) is 7.59. The molecule has 1 heterocycles. The van der Waals surface area contributed by atoms with Crippen molar-refractivity contribution >= 4 is 0 Å². The van der Waals surface area contributed by atoms with Crippen LogP contribution in [0.1, 0.15) is 101 Å². The summed E-state index contributed by atoms with van der Waals surface area (Å²) in [6, 6.07) is 4.91. The highest BCUT2D eigenvalue weighted by molar-refractivity contribution is 5.41. The molecule has 0 spiro atoms. The number of hydrogen-bond acceptors (Lipinski definition) is 1. The van der Waals surface area contributed by atoms with Crippen molar-refractivity contribution in [3.05, 3.63) is 29.3 Å². The lowest BCUT2D eigenvalue weighted by Gasteiger charge is -2.38. The zero-order chi connectivity index (χ0) is 23.6.